The Hall–Kier alpha value is -0.530. The van der Waals surface area contributed by atoms with Gasteiger partial charge in [0.2, 0.25) is 0 Å². The van der Waals surface area contributed by atoms with Gasteiger partial charge in [-0.3, -0.25) is 4.99 Å². The van der Waals surface area contributed by atoms with Crippen LogP contribution in [0.1, 0.15) is 12.0 Å². The van der Waals surface area contributed by atoms with Gasteiger partial charge in [-0.25, -0.2) is 0 Å². The number of likely N-dealkylation sites (tertiary alicyclic amines) is 1. The van der Waals surface area contributed by atoms with Crippen LogP contribution in [-0.4, -0.2) is 56.5 Å². The van der Waals surface area contributed by atoms with Crippen LogP contribution in [0.25, 0.3) is 0 Å². The zero-order valence-electron chi connectivity index (χ0n) is 13.6. The molecule has 0 spiro atoms. The van der Waals surface area contributed by atoms with E-state index in [9.17, 15) is 0 Å². The molecule has 0 bridgehead atoms. The number of nitrogens with zero attached hydrogens (tertiary/aromatic N) is 3. The molecule has 1 fully saturated rings. The van der Waals surface area contributed by atoms with E-state index in [0.29, 0.717) is 5.92 Å². The third kappa shape index (κ3) is 5.59. The average Bonchev–Trinajstić information content (AvgIpc) is 2.88. The van der Waals surface area contributed by atoms with Gasteiger partial charge >= 0.3 is 0 Å². The van der Waals surface area contributed by atoms with E-state index in [0.717, 1.165) is 36.2 Å². The van der Waals surface area contributed by atoms with Gasteiger partial charge < -0.3 is 15.1 Å². The van der Waals surface area contributed by atoms with E-state index in [1.54, 1.807) is 0 Å². The number of aliphatic imine (C=N–C) groups is 1. The van der Waals surface area contributed by atoms with E-state index >= 15 is 0 Å². The zero-order chi connectivity index (χ0) is 15.2. The lowest BCUT2D eigenvalue weighted by atomic mass is 10.1. The quantitative estimate of drug-likeness (QED) is 0.447. The molecule has 0 aromatic heterocycles. The molecule has 1 unspecified atom stereocenters. The Morgan fingerprint density at radius 3 is 2.77 bits per heavy atom. The number of halogens is 2. The Balaban J connectivity index is 0.00000242. The van der Waals surface area contributed by atoms with Crippen molar-refractivity contribution in [3.8, 4) is 0 Å². The molecule has 1 aliphatic heterocycles. The van der Waals surface area contributed by atoms with E-state index in [-0.39, 0.29) is 24.0 Å². The first-order valence-electron chi connectivity index (χ1n) is 7.44. The lowest BCUT2D eigenvalue weighted by Gasteiger charge is -2.24. The number of hydrogen-bond acceptors (Lipinski definition) is 2. The van der Waals surface area contributed by atoms with Gasteiger partial charge in [0, 0.05) is 38.8 Å². The third-order valence-corrected chi connectivity index (χ3v) is 4.35. The second-order valence-electron chi connectivity index (χ2n) is 5.79. The van der Waals surface area contributed by atoms with E-state index in [1.807, 2.05) is 32.3 Å². The van der Waals surface area contributed by atoms with Crippen molar-refractivity contribution in [1.29, 1.82) is 0 Å². The molecule has 1 aromatic rings. The minimum atomic E-state index is 0. The van der Waals surface area contributed by atoms with Gasteiger partial charge in [-0.2, -0.15) is 0 Å². The fourth-order valence-corrected chi connectivity index (χ4v) is 2.97. The van der Waals surface area contributed by atoms with Crippen LogP contribution in [0, 0.1) is 5.92 Å². The molecule has 124 valence electrons. The first-order valence-corrected chi connectivity index (χ1v) is 7.81. The topological polar surface area (TPSA) is 30.9 Å². The van der Waals surface area contributed by atoms with Crippen molar-refractivity contribution in [3.63, 3.8) is 0 Å². The van der Waals surface area contributed by atoms with Gasteiger partial charge in [-0.15, -0.1) is 24.0 Å². The second-order valence-corrected chi connectivity index (χ2v) is 6.20. The summed E-state index contributed by atoms with van der Waals surface area (Å²) >= 11 is 6.22. The maximum Gasteiger partial charge on any atom is 0.193 e. The molecule has 1 aliphatic rings. The van der Waals surface area contributed by atoms with E-state index < -0.39 is 0 Å². The molecule has 22 heavy (non-hydrogen) atoms. The summed E-state index contributed by atoms with van der Waals surface area (Å²) in [6.07, 6.45) is 1.26. The van der Waals surface area contributed by atoms with Gasteiger partial charge in [0.05, 0.1) is 0 Å². The monoisotopic (exact) mass is 436 g/mol. The Morgan fingerprint density at radius 1 is 1.45 bits per heavy atom. The number of benzene rings is 1. The Kier molecular flexibility index (Phi) is 8.49. The highest BCUT2D eigenvalue weighted by molar-refractivity contribution is 14.0. The minimum absolute atomic E-state index is 0. The van der Waals surface area contributed by atoms with Crippen molar-refractivity contribution in [1.82, 2.24) is 15.1 Å². The Labute approximate surface area is 155 Å². The number of guanidine groups is 1. The molecule has 0 aliphatic carbocycles. The van der Waals surface area contributed by atoms with Crippen LogP contribution in [0.3, 0.4) is 0 Å². The summed E-state index contributed by atoms with van der Waals surface area (Å²) in [6, 6.07) is 7.95. The molecule has 1 aromatic carbocycles. The average molecular weight is 437 g/mol. The number of nitrogens with one attached hydrogen (secondary N) is 1. The molecule has 1 heterocycles. The van der Waals surface area contributed by atoms with Gasteiger partial charge in [0.25, 0.3) is 0 Å². The van der Waals surface area contributed by atoms with Crippen LogP contribution in [-0.2, 0) is 6.54 Å². The van der Waals surface area contributed by atoms with Crippen molar-refractivity contribution < 1.29 is 0 Å². The third-order valence-electron chi connectivity index (χ3n) is 3.98. The first kappa shape index (κ1) is 19.5. The first-order chi connectivity index (χ1) is 10.1. The molecule has 6 heteroatoms. The molecule has 0 radical (unpaired) electrons. The maximum atomic E-state index is 6.22. The fourth-order valence-electron chi connectivity index (χ4n) is 2.77. The lowest BCUT2D eigenvalue weighted by molar-refractivity contribution is 0.390. The van der Waals surface area contributed by atoms with Gasteiger partial charge in [-0.05, 0) is 37.6 Å². The molecule has 1 saturated heterocycles. The van der Waals surface area contributed by atoms with Crippen LogP contribution >= 0.6 is 35.6 Å². The Bertz CT molecular complexity index is 495. The highest BCUT2D eigenvalue weighted by Gasteiger charge is 2.20. The minimum Gasteiger partial charge on any atom is -0.356 e. The number of rotatable bonds is 4. The summed E-state index contributed by atoms with van der Waals surface area (Å²) in [5.41, 5.74) is 1.12. The van der Waals surface area contributed by atoms with Crippen LogP contribution in [0.5, 0.6) is 0 Å². The molecule has 0 saturated carbocycles. The van der Waals surface area contributed by atoms with Crippen molar-refractivity contribution in [2.75, 3.05) is 40.8 Å². The summed E-state index contributed by atoms with van der Waals surface area (Å²) in [5, 5.41) is 4.28. The van der Waals surface area contributed by atoms with Crippen LogP contribution in [0.2, 0.25) is 5.02 Å². The predicted molar refractivity (Wildman–Crippen MR) is 105 cm³/mol. The summed E-state index contributed by atoms with van der Waals surface area (Å²) in [4.78, 5) is 8.86. The van der Waals surface area contributed by atoms with E-state index in [1.165, 1.54) is 13.0 Å². The smallest absolute Gasteiger partial charge is 0.193 e. The highest BCUT2D eigenvalue weighted by Crippen LogP contribution is 2.17. The largest absolute Gasteiger partial charge is 0.356 e. The molecule has 1 N–H and O–H groups in total. The molecule has 0 amide bonds. The van der Waals surface area contributed by atoms with Crippen LogP contribution < -0.4 is 5.32 Å². The van der Waals surface area contributed by atoms with Crippen molar-refractivity contribution in [2.24, 2.45) is 10.9 Å². The fraction of sp³-hybridized carbons (Fsp3) is 0.562. The summed E-state index contributed by atoms with van der Waals surface area (Å²) in [5.74, 6) is 1.63. The predicted octanol–water partition coefficient (Wildman–Crippen LogP) is 2.92. The van der Waals surface area contributed by atoms with Crippen molar-refractivity contribution >= 4 is 41.5 Å². The normalized spacial score (nSPS) is 18.9. The highest BCUT2D eigenvalue weighted by atomic mass is 127. The van der Waals surface area contributed by atoms with Crippen molar-refractivity contribution in [3.05, 3.63) is 34.9 Å². The Morgan fingerprint density at radius 2 is 2.18 bits per heavy atom. The molecule has 4 nitrogen and oxygen atoms in total. The zero-order valence-corrected chi connectivity index (χ0v) is 16.6. The molecule has 1 atom stereocenters. The van der Waals surface area contributed by atoms with Crippen molar-refractivity contribution in [2.45, 2.75) is 13.0 Å². The summed E-state index contributed by atoms with van der Waals surface area (Å²) < 4.78 is 0. The second kappa shape index (κ2) is 9.57. The SMILES string of the molecule is CN=C(NCC1CCN(C)C1)N(C)Cc1ccccc1Cl.I. The lowest BCUT2D eigenvalue weighted by Crippen LogP contribution is -2.41. The summed E-state index contributed by atoms with van der Waals surface area (Å²) in [7, 11) is 6.05. The van der Waals surface area contributed by atoms with Gasteiger partial charge in [0.1, 0.15) is 0 Å². The van der Waals surface area contributed by atoms with Crippen LogP contribution in [0.4, 0.5) is 0 Å². The van der Waals surface area contributed by atoms with Gasteiger partial charge in [-0.1, -0.05) is 29.8 Å². The number of hydrogen-bond donors (Lipinski definition) is 1. The standard InChI is InChI=1S/C16H25ClN4.HI/c1-18-16(19-10-13-8-9-20(2)11-13)21(3)12-14-6-4-5-7-15(14)17;/h4-7,13H,8-12H2,1-3H3,(H,18,19);1H. The summed E-state index contributed by atoms with van der Waals surface area (Å²) in [6.45, 7) is 4.09. The van der Waals surface area contributed by atoms with Crippen LogP contribution in [0.15, 0.2) is 29.3 Å². The van der Waals surface area contributed by atoms with Gasteiger partial charge in [0.15, 0.2) is 5.96 Å². The maximum absolute atomic E-state index is 6.22. The van der Waals surface area contributed by atoms with E-state index in [4.69, 9.17) is 11.6 Å². The molecular weight excluding hydrogens is 411 g/mol. The molecule has 2 rings (SSSR count). The van der Waals surface area contributed by atoms with E-state index in [2.05, 4.69) is 33.2 Å². The molecular formula is C16H26ClIN4.